The first-order chi connectivity index (χ1) is 16.3. The standard InChI is InChI=1S/C27H22F3NO3/c28-27(29,30)22-3-1-2-17(13-22)20-6-9-31(16-20)10-7-24(32)19-5-4-18-14-23-25(33)8-11-34-26(23)15-21(18)12-19/h1-5,8,11-15,20H,6-7,9-10,16H2. The average molecular weight is 465 g/mol. The van der Waals surface area contributed by atoms with Gasteiger partial charge in [0.05, 0.1) is 17.2 Å². The molecule has 1 aromatic heterocycles. The first kappa shape index (κ1) is 22.3. The molecule has 0 aliphatic carbocycles. The SMILES string of the molecule is O=C(CCN1CCC(c2cccc(C(F)(F)F)c2)C1)c1ccc2cc3c(=O)ccoc3cc2c1. The second-order valence-corrected chi connectivity index (χ2v) is 8.78. The molecule has 3 aromatic carbocycles. The minimum absolute atomic E-state index is 0.000898. The van der Waals surface area contributed by atoms with Crippen molar-refractivity contribution in [3.63, 3.8) is 0 Å². The zero-order valence-corrected chi connectivity index (χ0v) is 18.3. The summed E-state index contributed by atoms with van der Waals surface area (Å²) < 4.78 is 44.5. The molecular weight excluding hydrogens is 443 g/mol. The number of Topliss-reactive ketones (excluding diaryl/α,β-unsaturated/α-hetero) is 1. The normalized spacial score (nSPS) is 17.0. The number of carbonyl (C=O) groups excluding carboxylic acids is 1. The first-order valence-electron chi connectivity index (χ1n) is 11.2. The number of hydrogen-bond acceptors (Lipinski definition) is 4. The van der Waals surface area contributed by atoms with Crippen LogP contribution in [-0.2, 0) is 6.18 Å². The second kappa shape index (κ2) is 8.72. The van der Waals surface area contributed by atoms with Gasteiger partial charge in [-0.2, -0.15) is 13.2 Å². The molecule has 1 fully saturated rings. The van der Waals surface area contributed by atoms with Crippen LogP contribution in [0.3, 0.4) is 0 Å². The fourth-order valence-electron chi connectivity index (χ4n) is 4.68. The van der Waals surface area contributed by atoms with E-state index in [0.29, 0.717) is 41.6 Å². The third-order valence-electron chi connectivity index (χ3n) is 6.55. The van der Waals surface area contributed by atoms with Gasteiger partial charge >= 0.3 is 6.18 Å². The molecule has 1 unspecified atom stereocenters. The molecule has 0 amide bonds. The number of fused-ring (bicyclic) bond motifs is 2. The van der Waals surface area contributed by atoms with E-state index in [1.54, 1.807) is 30.3 Å². The van der Waals surface area contributed by atoms with Crippen molar-refractivity contribution in [1.82, 2.24) is 4.90 Å². The summed E-state index contributed by atoms with van der Waals surface area (Å²) in [6, 6.07) is 15.8. The molecule has 1 saturated heterocycles. The quantitative estimate of drug-likeness (QED) is 0.267. The van der Waals surface area contributed by atoms with Gasteiger partial charge in [0.15, 0.2) is 11.2 Å². The van der Waals surface area contributed by atoms with Crippen LogP contribution in [-0.4, -0.2) is 30.3 Å². The van der Waals surface area contributed by atoms with E-state index >= 15 is 0 Å². The molecule has 1 aliphatic heterocycles. The highest BCUT2D eigenvalue weighted by Gasteiger charge is 2.32. The maximum Gasteiger partial charge on any atom is 0.416 e. The Labute approximate surface area is 193 Å². The van der Waals surface area contributed by atoms with Crippen molar-refractivity contribution in [2.24, 2.45) is 0 Å². The third-order valence-corrected chi connectivity index (χ3v) is 6.55. The van der Waals surface area contributed by atoms with Crippen molar-refractivity contribution in [1.29, 1.82) is 0 Å². The Balaban J connectivity index is 1.25. The van der Waals surface area contributed by atoms with Crippen molar-refractivity contribution in [3.05, 3.63) is 93.8 Å². The van der Waals surface area contributed by atoms with E-state index in [0.717, 1.165) is 29.8 Å². The largest absolute Gasteiger partial charge is 0.464 e. The Kier molecular flexibility index (Phi) is 5.73. The number of ketones is 1. The monoisotopic (exact) mass is 465 g/mol. The van der Waals surface area contributed by atoms with Crippen LogP contribution in [0.5, 0.6) is 0 Å². The lowest BCUT2D eigenvalue weighted by molar-refractivity contribution is -0.137. The highest BCUT2D eigenvalue weighted by molar-refractivity contribution is 6.02. The molecule has 4 aromatic rings. The molecule has 1 aliphatic rings. The van der Waals surface area contributed by atoms with Crippen LogP contribution in [0.15, 0.2) is 76.1 Å². The van der Waals surface area contributed by atoms with E-state index in [4.69, 9.17) is 4.42 Å². The van der Waals surface area contributed by atoms with Gasteiger partial charge in [-0.05, 0) is 59.5 Å². The van der Waals surface area contributed by atoms with Gasteiger partial charge in [0.1, 0.15) is 5.58 Å². The van der Waals surface area contributed by atoms with Crippen molar-refractivity contribution in [2.45, 2.75) is 24.9 Å². The number of hydrogen-bond donors (Lipinski definition) is 0. The van der Waals surface area contributed by atoms with Gasteiger partial charge in [-0.3, -0.25) is 9.59 Å². The Hall–Kier alpha value is -3.45. The maximum atomic E-state index is 13.0. The average Bonchev–Trinajstić information content (AvgIpc) is 3.30. The molecule has 174 valence electrons. The van der Waals surface area contributed by atoms with Gasteiger partial charge in [0, 0.05) is 31.1 Å². The lowest BCUT2D eigenvalue weighted by atomic mass is 9.96. The summed E-state index contributed by atoms with van der Waals surface area (Å²) in [5.41, 5.74) is 1.01. The zero-order chi connectivity index (χ0) is 23.9. The van der Waals surface area contributed by atoms with Crippen molar-refractivity contribution < 1.29 is 22.4 Å². The summed E-state index contributed by atoms with van der Waals surface area (Å²) in [5.74, 6) is 0.0278. The van der Waals surface area contributed by atoms with E-state index in [2.05, 4.69) is 4.90 Å². The fourth-order valence-corrected chi connectivity index (χ4v) is 4.68. The third kappa shape index (κ3) is 4.48. The van der Waals surface area contributed by atoms with Crippen LogP contribution in [0.1, 0.15) is 40.2 Å². The van der Waals surface area contributed by atoms with Gasteiger partial charge in [0.2, 0.25) is 0 Å². The number of rotatable bonds is 5. The summed E-state index contributed by atoms with van der Waals surface area (Å²) in [6.07, 6.45) is -1.90. The van der Waals surface area contributed by atoms with Crippen molar-refractivity contribution >= 4 is 27.5 Å². The molecule has 2 heterocycles. The number of benzene rings is 3. The number of nitrogens with zero attached hydrogens (tertiary/aromatic N) is 1. The minimum atomic E-state index is -4.35. The fraction of sp³-hybridized carbons (Fsp3) is 0.259. The molecule has 34 heavy (non-hydrogen) atoms. The number of halogens is 3. The van der Waals surface area contributed by atoms with Crippen LogP contribution in [0.4, 0.5) is 13.2 Å². The summed E-state index contributed by atoms with van der Waals surface area (Å²) in [6.45, 7) is 1.94. The van der Waals surface area contributed by atoms with E-state index < -0.39 is 11.7 Å². The van der Waals surface area contributed by atoms with Gasteiger partial charge < -0.3 is 9.32 Å². The predicted molar refractivity (Wildman–Crippen MR) is 124 cm³/mol. The molecule has 0 radical (unpaired) electrons. The van der Waals surface area contributed by atoms with Crippen molar-refractivity contribution in [2.75, 3.05) is 19.6 Å². The van der Waals surface area contributed by atoms with Gasteiger partial charge in [-0.25, -0.2) is 0 Å². The zero-order valence-electron chi connectivity index (χ0n) is 18.3. The Morgan fingerprint density at radius 3 is 2.71 bits per heavy atom. The summed E-state index contributed by atoms with van der Waals surface area (Å²) in [4.78, 5) is 27.0. The second-order valence-electron chi connectivity index (χ2n) is 8.78. The Bertz CT molecular complexity index is 1440. The van der Waals surface area contributed by atoms with Crippen molar-refractivity contribution in [3.8, 4) is 0 Å². The van der Waals surface area contributed by atoms with E-state index in [1.165, 1.54) is 24.5 Å². The van der Waals surface area contributed by atoms with Crippen LogP contribution in [0, 0.1) is 0 Å². The lowest BCUT2D eigenvalue weighted by Gasteiger charge is -2.16. The molecule has 1 atom stereocenters. The predicted octanol–water partition coefficient (Wildman–Crippen LogP) is 6.03. The summed E-state index contributed by atoms with van der Waals surface area (Å²) in [7, 11) is 0. The van der Waals surface area contributed by atoms with E-state index in [9.17, 15) is 22.8 Å². The topological polar surface area (TPSA) is 50.5 Å². The van der Waals surface area contributed by atoms with Gasteiger partial charge in [0.25, 0.3) is 0 Å². The molecule has 5 rings (SSSR count). The Morgan fingerprint density at radius 1 is 1.03 bits per heavy atom. The number of alkyl halides is 3. The molecule has 0 bridgehead atoms. The molecule has 0 saturated carbocycles. The number of likely N-dealkylation sites (tertiary alicyclic amines) is 1. The first-order valence-corrected chi connectivity index (χ1v) is 11.2. The molecular formula is C27H22F3NO3. The van der Waals surface area contributed by atoms with Crippen LogP contribution in [0.2, 0.25) is 0 Å². The van der Waals surface area contributed by atoms with Crippen LogP contribution in [0.25, 0.3) is 21.7 Å². The maximum absolute atomic E-state index is 13.0. The van der Waals surface area contributed by atoms with Crippen LogP contribution < -0.4 is 5.43 Å². The lowest BCUT2D eigenvalue weighted by Crippen LogP contribution is -2.23. The van der Waals surface area contributed by atoms with E-state index in [1.807, 2.05) is 6.07 Å². The minimum Gasteiger partial charge on any atom is -0.464 e. The smallest absolute Gasteiger partial charge is 0.416 e. The van der Waals surface area contributed by atoms with Gasteiger partial charge in [-0.15, -0.1) is 0 Å². The highest BCUT2D eigenvalue weighted by Crippen LogP contribution is 2.34. The summed E-state index contributed by atoms with van der Waals surface area (Å²) >= 11 is 0. The molecule has 7 heteroatoms. The van der Waals surface area contributed by atoms with Crippen LogP contribution >= 0.6 is 0 Å². The number of carbonyl (C=O) groups is 1. The van der Waals surface area contributed by atoms with Gasteiger partial charge in [-0.1, -0.05) is 30.3 Å². The molecule has 4 nitrogen and oxygen atoms in total. The Morgan fingerprint density at radius 2 is 1.88 bits per heavy atom. The highest BCUT2D eigenvalue weighted by atomic mass is 19.4. The van der Waals surface area contributed by atoms with E-state index in [-0.39, 0.29) is 17.1 Å². The molecule has 0 N–H and O–H groups in total. The molecule has 0 spiro atoms. The summed E-state index contributed by atoms with van der Waals surface area (Å²) in [5, 5.41) is 2.17.